The maximum atomic E-state index is 4.82. The lowest BCUT2D eigenvalue weighted by Crippen LogP contribution is -2.44. The Morgan fingerprint density at radius 1 is 1.00 bits per heavy atom. The molecule has 1 aromatic heterocycles. The van der Waals surface area contributed by atoms with Crippen molar-refractivity contribution in [3.8, 4) is 11.4 Å². The highest BCUT2D eigenvalue weighted by atomic mass is 15.3. The highest BCUT2D eigenvalue weighted by Crippen LogP contribution is 2.23. The van der Waals surface area contributed by atoms with Gasteiger partial charge in [0.25, 0.3) is 0 Å². The number of nitrogens with zero attached hydrogens (tertiary/aromatic N) is 4. The second-order valence-electron chi connectivity index (χ2n) is 6.39. The topological polar surface area (TPSA) is 44.3 Å². The van der Waals surface area contributed by atoms with Gasteiger partial charge in [-0.15, -0.1) is 0 Å². The van der Waals surface area contributed by atoms with Crippen LogP contribution < -0.4 is 10.2 Å². The average molecular weight is 311 g/mol. The van der Waals surface area contributed by atoms with Crippen LogP contribution in [0, 0.1) is 0 Å². The van der Waals surface area contributed by atoms with E-state index in [2.05, 4.69) is 54.2 Å². The minimum absolute atomic E-state index is 0.342. The van der Waals surface area contributed by atoms with Crippen molar-refractivity contribution in [1.82, 2.24) is 14.9 Å². The van der Waals surface area contributed by atoms with Gasteiger partial charge >= 0.3 is 0 Å². The number of piperazine rings is 1. The number of aromatic nitrogens is 2. The third-order valence-corrected chi connectivity index (χ3v) is 4.01. The maximum Gasteiger partial charge on any atom is 0.163 e. The second kappa shape index (κ2) is 6.96. The van der Waals surface area contributed by atoms with Gasteiger partial charge in [-0.1, -0.05) is 30.3 Å². The Morgan fingerprint density at radius 2 is 1.70 bits per heavy atom. The van der Waals surface area contributed by atoms with Crippen LogP contribution in [0.3, 0.4) is 0 Å². The van der Waals surface area contributed by atoms with Gasteiger partial charge in [0.05, 0.1) is 0 Å². The molecule has 1 aliphatic heterocycles. The Balaban J connectivity index is 1.94. The fraction of sp³-hybridized carbons (Fsp3) is 0.444. The van der Waals surface area contributed by atoms with Gasteiger partial charge in [0.15, 0.2) is 5.82 Å². The summed E-state index contributed by atoms with van der Waals surface area (Å²) in [5.41, 5.74) is 1.05. The van der Waals surface area contributed by atoms with Crippen molar-refractivity contribution in [2.24, 2.45) is 0 Å². The van der Waals surface area contributed by atoms with Crippen molar-refractivity contribution in [3.05, 3.63) is 36.4 Å². The van der Waals surface area contributed by atoms with E-state index in [1.165, 1.54) is 0 Å². The lowest BCUT2D eigenvalue weighted by molar-refractivity contribution is 0.312. The van der Waals surface area contributed by atoms with E-state index in [4.69, 9.17) is 9.97 Å². The van der Waals surface area contributed by atoms with Gasteiger partial charge in [-0.2, -0.15) is 0 Å². The number of likely N-dealkylation sites (N-methyl/N-ethyl adjacent to an activating group) is 1. The number of anilines is 2. The monoisotopic (exact) mass is 311 g/mol. The van der Waals surface area contributed by atoms with Crippen LogP contribution in [0.25, 0.3) is 11.4 Å². The molecule has 1 fully saturated rings. The summed E-state index contributed by atoms with van der Waals surface area (Å²) >= 11 is 0. The van der Waals surface area contributed by atoms with Gasteiger partial charge in [-0.25, -0.2) is 9.97 Å². The molecule has 1 N–H and O–H groups in total. The number of hydrogen-bond acceptors (Lipinski definition) is 5. The van der Waals surface area contributed by atoms with Gasteiger partial charge in [0, 0.05) is 43.9 Å². The summed E-state index contributed by atoms with van der Waals surface area (Å²) < 4.78 is 0. The van der Waals surface area contributed by atoms with Gasteiger partial charge in [-0.05, 0) is 20.9 Å². The minimum Gasteiger partial charge on any atom is -0.368 e. The quantitative estimate of drug-likeness (QED) is 0.940. The molecule has 1 aliphatic rings. The molecule has 0 bridgehead atoms. The van der Waals surface area contributed by atoms with Gasteiger partial charge in [0.2, 0.25) is 0 Å². The van der Waals surface area contributed by atoms with E-state index in [-0.39, 0.29) is 0 Å². The fourth-order valence-corrected chi connectivity index (χ4v) is 2.72. The van der Waals surface area contributed by atoms with Crippen LogP contribution in [-0.4, -0.2) is 54.1 Å². The second-order valence-corrected chi connectivity index (χ2v) is 6.39. The summed E-state index contributed by atoms with van der Waals surface area (Å²) in [7, 11) is 2.17. The maximum absolute atomic E-state index is 4.82. The Morgan fingerprint density at radius 3 is 2.35 bits per heavy atom. The highest BCUT2D eigenvalue weighted by Gasteiger charge is 2.17. The van der Waals surface area contributed by atoms with Crippen LogP contribution in [0.15, 0.2) is 36.4 Å². The lowest BCUT2D eigenvalue weighted by Gasteiger charge is -2.33. The SMILES string of the molecule is CC(C)Nc1cc(N2CCN(C)CC2)nc(-c2ccccc2)n1. The number of rotatable bonds is 4. The van der Waals surface area contributed by atoms with Crippen molar-refractivity contribution in [2.75, 3.05) is 43.4 Å². The molecule has 5 heteroatoms. The summed E-state index contributed by atoms with van der Waals surface area (Å²) in [4.78, 5) is 14.2. The van der Waals surface area contributed by atoms with Crippen LogP contribution in [-0.2, 0) is 0 Å². The van der Waals surface area contributed by atoms with Crippen LogP contribution in [0.4, 0.5) is 11.6 Å². The molecule has 2 aromatic rings. The summed E-state index contributed by atoms with van der Waals surface area (Å²) in [6.45, 7) is 8.39. The van der Waals surface area contributed by atoms with Crippen LogP contribution in [0.5, 0.6) is 0 Å². The van der Waals surface area contributed by atoms with Crippen LogP contribution in [0.2, 0.25) is 0 Å². The number of nitrogens with one attached hydrogen (secondary N) is 1. The van der Waals surface area contributed by atoms with E-state index in [1.54, 1.807) is 0 Å². The number of hydrogen-bond donors (Lipinski definition) is 1. The molecule has 0 saturated carbocycles. The normalized spacial score (nSPS) is 15.9. The van der Waals surface area contributed by atoms with Crippen molar-refractivity contribution < 1.29 is 0 Å². The molecule has 1 saturated heterocycles. The summed E-state index contributed by atoms with van der Waals surface area (Å²) in [5, 5.41) is 3.41. The summed E-state index contributed by atoms with van der Waals surface area (Å²) in [5.74, 6) is 2.68. The predicted molar refractivity (Wildman–Crippen MR) is 95.9 cm³/mol. The van der Waals surface area contributed by atoms with Gasteiger partial charge in [0.1, 0.15) is 11.6 Å². The van der Waals surface area contributed by atoms with Crippen molar-refractivity contribution >= 4 is 11.6 Å². The van der Waals surface area contributed by atoms with E-state index in [1.807, 2.05) is 18.2 Å². The molecule has 2 heterocycles. The summed E-state index contributed by atoms with van der Waals surface area (Å²) in [6, 6.07) is 12.6. The predicted octanol–water partition coefficient (Wildman–Crippen LogP) is 2.72. The molecule has 3 rings (SSSR count). The third-order valence-electron chi connectivity index (χ3n) is 4.01. The first kappa shape index (κ1) is 15.7. The van der Waals surface area contributed by atoms with E-state index < -0.39 is 0 Å². The van der Waals surface area contributed by atoms with Gasteiger partial charge in [-0.3, -0.25) is 0 Å². The zero-order chi connectivity index (χ0) is 16.2. The average Bonchev–Trinajstić information content (AvgIpc) is 2.55. The first-order chi connectivity index (χ1) is 11.1. The van der Waals surface area contributed by atoms with Crippen LogP contribution >= 0.6 is 0 Å². The van der Waals surface area contributed by atoms with E-state index >= 15 is 0 Å². The molecule has 0 amide bonds. The molecule has 5 nitrogen and oxygen atoms in total. The van der Waals surface area contributed by atoms with Crippen molar-refractivity contribution in [1.29, 1.82) is 0 Å². The molecular weight excluding hydrogens is 286 g/mol. The number of benzene rings is 1. The van der Waals surface area contributed by atoms with E-state index in [0.717, 1.165) is 49.2 Å². The Hall–Kier alpha value is -2.14. The van der Waals surface area contributed by atoms with Crippen LogP contribution in [0.1, 0.15) is 13.8 Å². The Labute approximate surface area is 138 Å². The zero-order valence-electron chi connectivity index (χ0n) is 14.2. The standard InChI is InChI=1S/C18H25N5/c1-14(2)19-16-13-17(23-11-9-22(3)10-12-23)21-18(20-16)15-7-5-4-6-8-15/h4-8,13-14H,9-12H2,1-3H3,(H,19,20,21). The summed E-state index contributed by atoms with van der Waals surface area (Å²) in [6.07, 6.45) is 0. The molecule has 0 spiro atoms. The largest absolute Gasteiger partial charge is 0.368 e. The van der Waals surface area contributed by atoms with E-state index in [0.29, 0.717) is 6.04 Å². The smallest absolute Gasteiger partial charge is 0.163 e. The minimum atomic E-state index is 0.342. The zero-order valence-corrected chi connectivity index (χ0v) is 14.2. The molecule has 1 aromatic carbocycles. The third kappa shape index (κ3) is 3.99. The lowest BCUT2D eigenvalue weighted by atomic mass is 10.2. The first-order valence-electron chi connectivity index (χ1n) is 8.26. The first-order valence-corrected chi connectivity index (χ1v) is 8.26. The molecule has 0 atom stereocenters. The highest BCUT2D eigenvalue weighted by molar-refractivity contribution is 5.62. The molecule has 0 aliphatic carbocycles. The van der Waals surface area contributed by atoms with Crippen molar-refractivity contribution in [3.63, 3.8) is 0 Å². The Kier molecular flexibility index (Phi) is 4.76. The Bertz CT molecular complexity index is 633. The molecule has 122 valence electrons. The molecule has 23 heavy (non-hydrogen) atoms. The molecule has 0 unspecified atom stereocenters. The van der Waals surface area contributed by atoms with Crippen molar-refractivity contribution in [2.45, 2.75) is 19.9 Å². The fourth-order valence-electron chi connectivity index (χ4n) is 2.72. The molecular formula is C18H25N5. The molecule has 0 radical (unpaired) electrons. The van der Waals surface area contributed by atoms with Gasteiger partial charge < -0.3 is 15.1 Å². The van der Waals surface area contributed by atoms with E-state index in [9.17, 15) is 0 Å².